The zero-order valence-electron chi connectivity index (χ0n) is 12.5. The van der Waals surface area contributed by atoms with Crippen LogP contribution in [0.3, 0.4) is 0 Å². The van der Waals surface area contributed by atoms with Gasteiger partial charge in [0.1, 0.15) is 5.75 Å². The lowest BCUT2D eigenvalue weighted by molar-refractivity contribution is -0.128. The van der Waals surface area contributed by atoms with Gasteiger partial charge in [0, 0.05) is 0 Å². The van der Waals surface area contributed by atoms with Gasteiger partial charge in [-0.15, -0.1) is 11.3 Å². The molecule has 0 radical (unpaired) electrons. The zero-order chi connectivity index (χ0) is 15.9. The first-order chi connectivity index (χ1) is 10.6. The second kappa shape index (κ2) is 7.61. The van der Waals surface area contributed by atoms with Crippen molar-refractivity contribution in [2.45, 2.75) is 26.4 Å². The Kier molecular flexibility index (Phi) is 5.55. The van der Waals surface area contributed by atoms with Gasteiger partial charge >= 0.3 is 0 Å². The largest absolute Gasteiger partial charge is 0.481 e. The van der Waals surface area contributed by atoms with Crippen LogP contribution >= 0.6 is 11.3 Å². The summed E-state index contributed by atoms with van der Waals surface area (Å²) in [5.74, 6) is -0.142. The van der Waals surface area contributed by atoms with E-state index in [4.69, 9.17) is 4.74 Å². The minimum absolute atomic E-state index is 0.345. The summed E-state index contributed by atoms with van der Waals surface area (Å²) < 4.78 is 5.54. The molecule has 0 fully saturated rings. The lowest BCUT2D eigenvalue weighted by Crippen LogP contribution is -2.47. The second-order valence-electron chi connectivity index (χ2n) is 4.68. The molecule has 1 unspecified atom stereocenters. The first kappa shape index (κ1) is 16.0. The molecular formula is C16H18N2O3S. The van der Waals surface area contributed by atoms with Gasteiger partial charge in [0.2, 0.25) is 0 Å². The number of ether oxygens (including phenoxy) is 1. The van der Waals surface area contributed by atoms with Crippen LogP contribution in [-0.4, -0.2) is 17.9 Å². The van der Waals surface area contributed by atoms with Crippen LogP contribution in [0.4, 0.5) is 0 Å². The number of thiophene rings is 1. The van der Waals surface area contributed by atoms with E-state index in [2.05, 4.69) is 17.8 Å². The van der Waals surface area contributed by atoms with Crippen LogP contribution in [0.15, 0.2) is 41.8 Å². The van der Waals surface area contributed by atoms with Gasteiger partial charge < -0.3 is 4.74 Å². The SMILES string of the molecule is CCc1ccc(OC(C)C(=O)NNC(=O)c2cccs2)cc1. The van der Waals surface area contributed by atoms with E-state index in [1.54, 1.807) is 24.4 Å². The summed E-state index contributed by atoms with van der Waals surface area (Å²) in [6, 6.07) is 11.0. The van der Waals surface area contributed by atoms with Crippen molar-refractivity contribution >= 4 is 23.2 Å². The van der Waals surface area contributed by atoms with Crippen LogP contribution < -0.4 is 15.6 Å². The van der Waals surface area contributed by atoms with E-state index in [-0.39, 0.29) is 5.91 Å². The van der Waals surface area contributed by atoms with E-state index in [0.717, 1.165) is 6.42 Å². The molecule has 0 aliphatic heterocycles. The lowest BCUT2D eigenvalue weighted by Gasteiger charge is -2.15. The van der Waals surface area contributed by atoms with Crippen molar-refractivity contribution in [3.8, 4) is 5.75 Å². The molecule has 2 amide bonds. The lowest BCUT2D eigenvalue weighted by atomic mass is 10.2. The fraction of sp³-hybridized carbons (Fsp3) is 0.250. The topological polar surface area (TPSA) is 67.4 Å². The van der Waals surface area contributed by atoms with E-state index in [0.29, 0.717) is 10.6 Å². The monoisotopic (exact) mass is 318 g/mol. The number of hydrogen-bond acceptors (Lipinski definition) is 4. The molecular weight excluding hydrogens is 300 g/mol. The molecule has 0 bridgehead atoms. The summed E-state index contributed by atoms with van der Waals surface area (Å²) in [7, 11) is 0. The molecule has 0 aliphatic rings. The van der Waals surface area contributed by atoms with Crippen molar-refractivity contribution in [1.29, 1.82) is 0 Å². The van der Waals surface area contributed by atoms with Gasteiger partial charge in [0.25, 0.3) is 11.8 Å². The van der Waals surface area contributed by atoms with Gasteiger partial charge in [-0.05, 0) is 42.5 Å². The van der Waals surface area contributed by atoms with Gasteiger partial charge in [-0.2, -0.15) is 0 Å². The Labute approximate surface area is 133 Å². The minimum atomic E-state index is -0.712. The van der Waals surface area contributed by atoms with E-state index < -0.39 is 12.0 Å². The highest BCUT2D eigenvalue weighted by Gasteiger charge is 2.16. The Balaban J connectivity index is 1.82. The van der Waals surface area contributed by atoms with Crippen molar-refractivity contribution in [2.24, 2.45) is 0 Å². The second-order valence-corrected chi connectivity index (χ2v) is 5.63. The van der Waals surface area contributed by atoms with Gasteiger partial charge in [0.15, 0.2) is 6.10 Å². The highest BCUT2D eigenvalue weighted by Crippen LogP contribution is 2.14. The summed E-state index contributed by atoms with van der Waals surface area (Å²) in [4.78, 5) is 24.1. The Bertz CT molecular complexity index is 623. The smallest absolute Gasteiger partial charge is 0.279 e. The number of aryl methyl sites for hydroxylation is 1. The first-order valence-corrected chi connectivity index (χ1v) is 7.87. The third kappa shape index (κ3) is 4.33. The van der Waals surface area contributed by atoms with E-state index in [1.807, 2.05) is 24.3 Å². The molecule has 0 saturated carbocycles. The molecule has 0 saturated heterocycles. The van der Waals surface area contributed by atoms with E-state index >= 15 is 0 Å². The number of rotatable bonds is 5. The quantitative estimate of drug-likeness (QED) is 0.833. The highest BCUT2D eigenvalue weighted by molar-refractivity contribution is 7.12. The molecule has 1 aromatic heterocycles. The van der Waals surface area contributed by atoms with Crippen LogP contribution in [0.5, 0.6) is 5.75 Å². The Hall–Kier alpha value is -2.34. The average Bonchev–Trinajstić information content (AvgIpc) is 3.07. The van der Waals surface area contributed by atoms with E-state index in [1.165, 1.54) is 16.9 Å². The predicted octanol–water partition coefficient (Wildman–Crippen LogP) is 2.54. The number of hydrogen-bond donors (Lipinski definition) is 2. The van der Waals surface area contributed by atoms with Crippen molar-refractivity contribution < 1.29 is 14.3 Å². The first-order valence-electron chi connectivity index (χ1n) is 6.99. The van der Waals surface area contributed by atoms with Crippen molar-refractivity contribution in [3.63, 3.8) is 0 Å². The van der Waals surface area contributed by atoms with Crippen molar-refractivity contribution in [2.75, 3.05) is 0 Å². The predicted molar refractivity (Wildman–Crippen MR) is 85.8 cm³/mol. The molecule has 2 rings (SSSR count). The fourth-order valence-corrected chi connectivity index (χ4v) is 2.37. The molecule has 1 aromatic carbocycles. The number of nitrogens with one attached hydrogen (secondary N) is 2. The van der Waals surface area contributed by atoms with Crippen LogP contribution in [0.25, 0.3) is 0 Å². The normalized spacial score (nSPS) is 11.5. The Morgan fingerprint density at radius 3 is 2.50 bits per heavy atom. The summed E-state index contributed by atoms with van der Waals surface area (Å²) in [5, 5.41) is 1.79. The van der Waals surface area contributed by atoms with Crippen LogP contribution in [-0.2, 0) is 11.2 Å². The maximum Gasteiger partial charge on any atom is 0.279 e. The minimum Gasteiger partial charge on any atom is -0.481 e. The van der Waals surface area contributed by atoms with Crippen molar-refractivity contribution in [3.05, 3.63) is 52.2 Å². The van der Waals surface area contributed by atoms with Gasteiger partial charge in [-0.1, -0.05) is 25.1 Å². The van der Waals surface area contributed by atoms with Gasteiger partial charge in [0.05, 0.1) is 4.88 Å². The molecule has 1 atom stereocenters. The van der Waals surface area contributed by atoms with Crippen LogP contribution in [0, 0.1) is 0 Å². The van der Waals surface area contributed by atoms with Gasteiger partial charge in [-0.3, -0.25) is 20.4 Å². The number of carbonyl (C=O) groups is 2. The molecule has 2 N–H and O–H groups in total. The van der Waals surface area contributed by atoms with Crippen molar-refractivity contribution in [1.82, 2.24) is 10.9 Å². The maximum absolute atomic E-state index is 11.9. The Morgan fingerprint density at radius 1 is 1.18 bits per heavy atom. The standard InChI is InChI=1S/C16H18N2O3S/c1-3-12-6-8-13(9-7-12)21-11(2)15(19)17-18-16(20)14-5-4-10-22-14/h4-11H,3H2,1-2H3,(H,17,19)(H,18,20). The van der Waals surface area contributed by atoms with E-state index in [9.17, 15) is 9.59 Å². The number of benzene rings is 1. The molecule has 0 spiro atoms. The Morgan fingerprint density at radius 2 is 1.91 bits per heavy atom. The van der Waals surface area contributed by atoms with Crippen LogP contribution in [0.2, 0.25) is 0 Å². The zero-order valence-corrected chi connectivity index (χ0v) is 13.3. The molecule has 1 heterocycles. The molecule has 116 valence electrons. The molecule has 22 heavy (non-hydrogen) atoms. The number of amides is 2. The van der Waals surface area contributed by atoms with Crippen LogP contribution in [0.1, 0.15) is 29.1 Å². The third-order valence-corrected chi connectivity index (χ3v) is 3.93. The third-order valence-electron chi connectivity index (χ3n) is 3.06. The number of hydrazine groups is 1. The summed E-state index contributed by atoms with van der Waals surface area (Å²) in [6.45, 7) is 3.70. The summed E-state index contributed by atoms with van der Waals surface area (Å²) in [5.41, 5.74) is 5.92. The fourth-order valence-electron chi connectivity index (χ4n) is 1.75. The highest BCUT2D eigenvalue weighted by atomic mass is 32.1. The molecule has 5 nitrogen and oxygen atoms in total. The average molecular weight is 318 g/mol. The molecule has 6 heteroatoms. The van der Waals surface area contributed by atoms with Gasteiger partial charge in [-0.25, -0.2) is 0 Å². The maximum atomic E-state index is 11.9. The molecule has 0 aliphatic carbocycles. The summed E-state index contributed by atoms with van der Waals surface area (Å²) in [6.07, 6.45) is 0.238. The number of carbonyl (C=O) groups excluding carboxylic acids is 2. The molecule has 2 aromatic rings. The summed E-state index contributed by atoms with van der Waals surface area (Å²) >= 11 is 1.30.